The van der Waals surface area contributed by atoms with Crippen molar-refractivity contribution in [1.82, 2.24) is 5.32 Å². The summed E-state index contributed by atoms with van der Waals surface area (Å²) in [5.74, 6) is -2.24. The van der Waals surface area contributed by atoms with E-state index < -0.39 is 23.9 Å². The number of esters is 1. The molecule has 120 valence electrons. The van der Waals surface area contributed by atoms with Crippen LogP contribution in [0.1, 0.15) is 42.6 Å². The molecule has 0 spiro atoms. The number of nitrogens with one attached hydrogen (secondary N) is 1. The van der Waals surface area contributed by atoms with Gasteiger partial charge in [-0.1, -0.05) is 38.5 Å². The molecular weight excluding hydrogens is 286 g/mol. The second-order valence-electron chi connectivity index (χ2n) is 4.81. The van der Waals surface area contributed by atoms with Crippen molar-refractivity contribution in [3.05, 3.63) is 35.4 Å². The molecule has 0 heterocycles. The highest BCUT2D eigenvalue weighted by atomic mass is 16.5. The summed E-state index contributed by atoms with van der Waals surface area (Å²) in [4.78, 5) is 34.5. The summed E-state index contributed by atoms with van der Waals surface area (Å²) in [6.45, 7) is 3.22. The summed E-state index contributed by atoms with van der Waals surface area (Å²) in [5, 5.41) is 11.5. The van der Waals surface area contributed by atoms with E-state index in [0.717, 1.165) is 18.4 Å². The second-order valence-corrected chi connectivity index (χ2v) is 4.81. The first-order valence-corrected chi connectivity index (χ1v) is 7.26. The number of aryl methyl sites for hydroxylation is 1. The van der Waals surface area contributed by atoms with Crippen LogP contribution in [0.2, 0.25) is 0 Å². The number of carbonyl (C=O) groups excluding carboxylic acids is 2. The number of amides is 1. The van der Waals surface area contributed by atoms with E-state index in [1.807, 2.05) is 19.1 Å². The molecule has 0 radical (unpaired) electrons. The molecule has 1 amide bonds. The molecule has 1 atom stereocenters. The van der Waals surface area contributed by atoms with Crippen LogP contribution in [-0.2, 0) is 20.7 Å². The second kappa shape index (κ2) is 8.81. The van der Waals surface area contributed by atoms with Gasteiger partial charge < -0.3 is 15.2 Å². The fourth-order valence-corrected chi connectivity index (χ4v) is 1.92. The van der Waals surface area contributed by atoms with Gasteiger partial charge in [-0.2, -0.15) is 0 Å². The van der Waals surface area contributed by atoms with E-state index in [-0.39, 0.29) is 13.0 Å². The Balaban J connectivity index is 2.79. The quantitative estimate of drug-likeness (QED) is 0.714. The molecule has 0 unspecified atom stereocenters. The van der Waals surface area contributed by atoms with Crippen LogP contribution in [0.25, 0.3) is 0 Å². The van der Waals surface area contributed by atoms with Gasteiger partial charge in [-0.25, -0.2) is 4.79 Å². The number of carbonyl (C=O) groups is 3. The Bertz CT molecular complexity index is 541. The molecule has 6 nitrogen and oxygen atoms in total. The van der Waals surface area contributed by atoms with Gasteiger partial charge in [-0.3, -0.25) is 9.59 Å². The Hall–Kier alpha value is -2.37. The maximum absolute atomic E-state index is 12.3. The Kier molecular flexibility index (Phi) is 7.08. The highest BCUT2D eigenvalue weighted by molar-refractivity contribution is 5.97. The van der Waals surface area contributed by atoms with E-state index in [9.17, 15) is 14.4 Å². The van der Waals surface area contributed by atoms with Gasteiger partial charge in [0.2, 0.25) is 0 Å². The van der Waals surface area contributed by atoms with Gasteiger partial charge in [0.05, 0.1) is 0 Å². The van der Waals surface area contributed by atoms with Crippen molar-refractivity contribution >= 4 is 17.8 Å². The highest BCUT2D eigenvalue weighted by Gasteiger charge is 2.23. The summed E-state index contributed by atoms with van der Waals surface area (Å²) in [6, 6.07) is 5.78. The molecule has 0 bridgehead atoms. The largest absolute Gasteiger partial charge is 0.480 e. The van der Waals surface area contributed by atoms with Crippen molar-refractivity contribution in [2.24, 2.45) is 0 Å². The lowest BCUT2D eigenvalue weighted by molar-refractivity contribution is -0.148. The highest BCUT2D eigenvalue weighted by Crippen LogP contribution is 2.11. The van der Waals surface area contributed by atoms with Gasteiger partial charge in [-0.05, 0) is 18.1 Å². The molecule has 0 saturated carbocycles. The van der Waals surface area contributed by atoms with Gasteiger partial charge in [0, 0.05) is 12.0 Å². The maximum Gasteiger partial charge on any atom is 0.329 e. The topological polar surface area (TPSA) is 92.7 Å². The van der Waals surface area contributed by atoms with E-state index in [1.165, 1.54) is 0 Å². The van der Waals surface area contributed by atoms with E-state index in [0.29, 0.717) is 5.56 Å². The summed E-state index contributed by atoms with van der Waals surface area (Å²) in [5.41, 5.74) is 1.30. The molecule has 1 aromatic rings. The molecule has 0 aliphatic heterocycles. The van der Waals surface area contributed by atoms with Crippen molar-refractivity contribution < 1.29 is 24.2 Å². The van der Waals surface area contributed by atoms with Gasteiger partial charge in [0.25, 0.3) is 5.91 Å². The molecule has 0 aliphatic rings. The molecule has 22 heavy (non-hydrogen) atoms. The number of hydrogen-bond acceptors (Lipinski definition) is 4. The molecular formula is C16H21NO5. The monoisotopic (exact) mass is 307 g/mol. The van der Waals surface area contributed by atoms with Crippen LogP contribution >= 0.6 is 0 Å². The first-order chi connectivity index (χ1) is 10.5. The number of hydrogen-bond donors (Lipinski definition) is 2. The lowest BCUT2D eigenvalue weighted by Crippen LogP contribution is -2.44. The zero-order valence-corrected chi connectivity index (χ0v) is 12.8. The average molecular weight is 307 g/mol. The Morgan fingerprint density at radius 3 is 2.50 bits per heavy atom. The molecule has 0 saturated heterocycles. The van der Waals surface area contributed by atoms with E-state index >= 15 is 0 Å². The number of benzene rings is 1. The number of carboxylic acid groups (broad SMARTS) is 1. The minimum Gasteiger partial charge on any atom is -0.480 e. The van der Waals surface area contributed by atoms with Crippen molar-refractivity contribution in [2.75, 3.05) is 6.61 Å². The molecule has 1 aromatic carbocycles. The van der Waals surface area contributed by atoms with Crippen molar-refractivity contribution in [1.29, 1.82) is 0 Å². The predicted octanol–water partition coefficient (Wildman–Crippen LogP) is 1.78. The molecule has 0 aliphatic carbocycles. The minimum atomic E-state index is -1.27. The van der Waals surface area contributed by atoms with Crippen LogP contribution in [0.15, 0.2) is 24.3 Å². The van der Waals surface area contributed by atoms with Gasteiger partial charge in [-0.15, -0.1) is 0 Å². The van der Waals surface area contributed by atoms with Gasteiger partial charge in [0.1, 0.15) is 6.61 Å². The first kappa shape index (κ1) is 17.7. The number of aliphatic carboxylic acids is 1. The van der Waals surface area contributed by atoms with E-state index in [4.69, 9.17) is 9.84 Å². The predicted molar refractivity (Wildman–Crippen MR) is 80.6 cm³/mol. The SMILES string of the molecule is CCCc1ccccc1C(=O)N[C@@H](COC(=O)CC)C(=O)O. The summed E-state index contributed by atoms with van der Waals surface area (Å²) in [7, 11) is 0. The summed E-state index contributed by atoms with van der Waals surface area (Å²) >= 11 is 0. The molecule has 0 fully saturated rings. The van der Waals surface area contributed by atoms with Crippen LogP contribution in [0.3, 0.4) is 0 Å². The van der Waals surface area contributed by atoms with Gasteiger partial charge >= 0.3 is 11.9 Å². The van der Waals surface area contributed by atoms with Crippen LogP contribution in [0.4, 0.5) is 0 Å². The summed E-state index contributed by atoms with van der Waals surface area (Å²) in [6.07, 6.45) is 1.76. The number of ether oxygens (including phenoxy) is 1. The Morgan fingerprint density at radius 1 is 1.23 bits per heavy atom. The Morgan fingerprint density at radius 2 is 1.91 bits per heavy atom. The zero-order chi connectivity index (χ0) is 16.5. The fraction of sp³-hybridized carbons (Fsp3) is 0.438. The third kappa shape index (κ3) is 5.20. The smallest absolute Gasteiger partial charge is 0.329 e. The third-order valence-corrected chi connectivity index (χ3v) is 3.08. The normalized spacial score (nSPS) is 11.5. The number of rotatable bonds is 8. The molecule has 1 rings (SSSR count). The van der Waals surface area contributed by atoms with Crippen molar-refractivity contribution in [3.8, 4) is 0 Å². The summed E-state index contributed by atoms with van der Waals surface area (Å²) < 4.78 is 4.79. The number of carboxylic acids is 1. The van der Waals surface area contributed by atoms with E-state index in [2.05, 4.69) is 5.32 Å². The van der Waals surface area contributed by atoms with Gasteiger partial charge in [0.15, 0.2) is 6.04 Å². The average Bonchev–Trinajstić information content (AvgIpc) is 2.51. The fourth-order valence-electron chi connectivity index (χ4n) is 1.92. The van der Waals surface area contributed by atoms with Crippen LogP contribution in [-0.4, -0.2) is 35.6 Å². The first-order valence-electron chi connectivity index (χ1n) is 7.26. The molecule has 0 aromatic heterocycles. The standard InChI is InChI=1S/C16H21NO5/c1-3-7-11-8-5-6-9-12(11)15(19)17-13(16(20)21)10-22-14(18)4-2/h5-6,8-9,13H,3-4,7,10H2,1-2H3,(H,17,19)(H,20,21)/t13-/m0/s1. The third-order valence-electron chi connectivity index (χ3n) is 3.08. The van der Waals surface area contributed by atoms with Crippen LogP contribution in [0, 0.1) is 0 Å². The lowest BCUT2D eigenvalue weighted by Gasteiger charge is -2.16. The van der Waals surface area contributed by atoms with Crippen molar-refractivity contribution in [2.45, 2.75) is 39.2 Å². The van der Waals surface area contributed by atoms with Crippen LogP contribution < -0.4 is 5.32 Å². The minimum absolute atomic E-state index is 0.152. The van der Waals surface area contributed by atoms with Crippen LogP contribution in [0.5, 0.6) is 0 Å². The molecule has 6 heteroatoms. The van der Waals surface area contributed by atoms with Crippen molar-refractivity contribution in [3.63, 3.8) is 0 Å². The maximum atomic E-state index is 12.3. The lowest BCUT2D eigenvalue weighted by atomic mass is 10.0. The zero-order valence-electron chi connectivity index (χ0n) is 12.8. The molecule has 2 N–H and O–H groups in total. The Labute approximate surface area is 129 Å². The van der Waals surface area contributed by atoms with E-state index in [1.54, 1.807) is 19.1 Å².